The molecule has 0 aliphatic carbocycles. The Morgan fingerprint density at radius 3 is 1.76 bits per heavy atom. The number of β-amino-alcohol motifs (C(OH)–C–C–N with tert-alkyl or cyclic N) is 1. The average Bonchev–Trinajstić information content (AvgIpc) is 2.56. The van der Waals surface area contributed by atoms with Crippen LogP contribution in [0.5, 0.6) is 0 Å². The number of piperidine rings is 1. The molecular formula is C17H39N3O. The molecule has 2 heterocycles. The number of hydrogen-bond donors (Lipinski definition) is 1. The zero-order valence-electron chi connectivity index (χ0n) is 15.1. The molecule has 0 aromatic heterocycles. The highest BCUT2D eigenvalue weighted by Crippen LogP contribution is 2.17. The van der Waals surface area contributed by atoms with E-state index in [0.29, 0.717) is 6.61 Å². The van der Waals surface area contributed by atoms with Crippen LogP contribution in [0.2, 0.25) is 0 Å². The summed E-state index contributed by atoms with van der Waals surface area (Å²) in [5.74, 6) is 0.913. The number of aliphatic hydroxyl groups is 1. The van der Waals surface area contributed by atoms with Crippen LogP contribution in [-0.4, -0.2) is 85.8 Å². The summed E-state index contributed by atoms with van der Waals surface area (Å²) < 4.78 is 0. The lowest BCUT2D eigenvalue weighted by Crippen LogP contribution is -2.49. The molecular weight excluding hydrogens is 262 g/mol. The van der Waals surface area contributed by atoms with E-state index in [1.165, 1.54) is 45.6 Å². The number of piperazine rings is 1. The highest BCUT2D eigenvalue weighted by Gasteiger charge is 2.22. The van der Waals surface area contributed by atoms with E-state index in [9.17, 15) is 0 Å². The second-order valence-corrected chi connectivity index (χ2v) is 5.61. The summed E-state index contributed by atoms with van der Waals surface area (Å²) in [4.78, 5) is 7.42. The van der Waals surface area contributed by atoms with Crippen molar-refractivity contribution in [2.45, 2.75) is 40.5 Å². The van der Waals surface area contributed by atoms with Crippen LogP contribution in [0.3, 0.4) is 0 Å². The monoisotopic (exact) mass is 301 g/mol. The fraction of sp³-hybridized carbons (Fsp3) is 1.00. The minimum atomic E-state index is 0.301. The molecule has 2 aliphatic rings. The Labute approximate surface area is 133 Å². The topological polar surface area (TPSA) is 30.0 Å². The Kier molecular flexibility index (Phi) is 13.4. The van der Waals surface area contributed by atoms with Gasteiger partial charge < -0.3 is 14.9 Å². The van der Waals surface area contributed by atoms with Gasteiger partial charge in [0.1, 0.15) is 0 Å². The number of rotatable bonds is 4. The van der Waals surface area contributed by atoms with E-state index in [-0.39, 0.29) is 0 Å². The molecule has 2 aliphatic heterocycles. The van der Waals surface area contributed by atoms with Gasteiger partial charge in [-0.15, -0.1) is 0 Å². The van der Waals surface area contributed by atoms with Crippen molar-refractivity contribution in [3.63, 3.8) is 0 Å². The quantitative estimate of drug-likeness (QED) is 0.860. The molecule has 2 saturated heterocycles. The van der Waals surface area contributed by atoms with E-state index in [4.69, 9.17) is 5.11 Å². The van der Waals surface area contributed by atoms with Crippen LogP contribution < -0.4 is 0 Å². The number of likely N-dealkylation sites (tertiary alicyclic amines) is 1. The zero-order valence-corrected chi connectivity index (χ0v) is 15.1. The van der Waals surface area contributed by atoms with Gasteiger partial charge in [0, 0.05) is 39.3 Å². The Morgan fingerprint density at radius 2 is 1.29 bits per heavy atom. The third kappa shape index (κ3) is 8.77. The summed E-state index contributed by atoms with van der Waals surface area (Å²) in [6.45, 7) is 17.6. The molecule has 1 N–H and O–H groups in total. The highest BCUT2D eigenvalue weighted by atomic mass is 16.3. The third-order valence-corrected chi connectivity index (χ3v) is 4.24. The smallest absolute Gasteiger partial charge is 0.0558 e. The summed E-state index contributed by atoms with van der Waals surface area (Å²) in [7, 11) is 2.23. The van der Waals surface area contributed by atoms with Crippen molar-refractivity contribution in [2.24, 2.45) is 5.92 Å². The van der Waals surface area contributed by atoms with Crippen molar-refractivity contribution in [3.8, 4) is 0 Å². The lowest BCUT2D eigenvalue weighted by atomic mass is 9.96. The van der Waals surface area contributed by atoms with Gasteiger partial charge in [-0.05, 0) is 38.9 Å². The van der Waals surface area contributed by atoms with Gasteiger partial charge in [0.05, 0.1) is 6.61 Å². The Bertz CT molecular complexity index is 210. The van der Waals surface area contributed by atoms with Crippen molar-refractivity contribution in [2.75, 3.05) is 66.0 Å². The van der Waals surface area contributed by atoms with E-state index in [1.807, 2.05) is 27.7 Å². The molecule has 0 bridgehead atoms. The van der Waals surface area contributed by atoms with Gasteiger partial charge in [0.25, 0.3) is 0 Å². The predicted octanol–water partition coefficient (Wildman–Crippen LogP) is 1.99. The second kappa shape index (κ2) is 13.5. The molecule has 2 rings (SSSR count). The van der Waals surface area contributed by atoms with Crippen molar-refractivity contribution in [1.29, 1.82) is 0 Å². The van der Waals surface area contributed by atoms with Crippen LogP contribution in [0.15, 0.2) is 0 Å². The van der Waals surface area contributed by atoms with E-state index >= 15 is 0 Å². The molecule has 0 spiro atoms. The van der Waals surface area contributed by atoms with Gasteiger partial charge in [0.15, 0.2) is 0 Å². The van der Waals surface area contributed by atoms with Crippen molar-refractivity contribution in [1.82, 2.24) is 14.7 Å². The second-order valence-electron chi connectivity index (χ2n) is 5.61. The van der Waals surface area contributed by atoms with Crippen molar-refractivity contribution in [3.05, 3.63) is 0 Å². The molecule has 21 heavy (non-hydrogen) atoms. The zero-order chi connectivity index (χ0) is 16.1. The molecule has 0 unspecified atom stereocenters. The predicted molar refractivity (Wildman–Crippen MR) is 92.9 cm³/mol. The molecule has 128 valence electrons. The first kappa shape index (κ1) is 20.8. The van der Waals surface area contributed by atoms with Crippen LogP contribution in [-0.2, 0) is 0 Å². The third-order valence-electron chi connectivity index (χ3n) is 4.24. The van der Waals surface area contributed by atoms with Crippen LogP contribution in [0.1, 0.15) is 40.5 Å². The summed E-state index contributed by atoms with van der Waals surface area (Å²) in [5, 5.41) is 8.91. The fourth-order valence-electron chi connectivity index (χ4n) is 2.95. The summed E-state index contributed by atoms with van der Waals surface area (Å²) >= 11 is 0. The first-order valence-corrected chi connectivity index (χ1v) is 9.02. The maximum absolute atomic E-state index is 8.91. The standard InChI is InChI=1S/C13H27N3O.2C2H6/c1-14-4-2-13(3-5-14)12-16-8-6-15(7-9-16)10-11-17;2*1-2/h13,17H,2-12H2,1H3;2*1-2H3. The van der Waals surface area contributed by atoms with Gasteiger partial charge in [0.2, 0.25) is 0 Å². The van der Waals surface area contributed by atoms with Crippen LogP contribution in [0.4, 0.5) is 0 Å². The first-order valence-electron chi connectivity index (χ1n) is 9.02. The van der Waals surface area contributed by atoms with Crippen molar-refractivity contribution >= 4 is 0 Å². The molecule has 2 fully saturated rings. The molecule has 0 amide bonds. The van der Waals surface area contributed by atoms with Crippen LogP contribution in [0, 0.1) is 5.92 Å². The lowest BCUT2D eigenvalue weighted by Gasteiger charge is -2.38. The molecule has 0 aromatic rings. The van der Waals surface area contributed by atoms with E-state index in [1.54, 1.807) is 0 Å². The van der Waals surface area contributed by atoms with Gasteiger partial charge in [-0.1, -0.05) is 27.7 Å². The highest BCUT2D eigenvalue weighted by molar-refractivity contribution is 4.77. The minimum Gasteiger partial charge on any atom is -0.395 e. The van der Waals surface area contributed by atoms with Gasteiger partial charge in [-0.25, -0.2) is 0 Å². The number of nitrogens with zero attached hydrogens (tertiary/aromatic N) is 3. The van der Waals surface area contributed by atoms with E-state index in [2.05, 4.69) is 21.7 Å². The minimum absolute atomic E-state index is 0.301. The molecule has 0 radical (unpaired) electrons. The molecule has 0 atom stereocenters. The van der Waals surface area contributed by atoms with Crippen molar-refractivity contribution < 1.29 is 5.11 Å². The Hall–Kier alpha value is -0.160. The summed E-state index contributed by atoms with van der Waals surface area (Å²) in [6, 6.07) is 0. The van der Waals surface area contributed by atoms with E-state index < -0.39 is 0 Å². The normalized spacial score (nSPS) is 22.0. The molecule has 4 nitrogen and oxygen atoms in total. The average molecular weight is 302 g/mol. The SMILES string of the molecule is CC.CC.CN1CCC(CN2CCN(CCO)CC2)CC1. The van der Waals surface area contributed by atoms with E-state index in [0.717, 1.165) is 25.6 Å². The van der Waals surface area contributed by atoms with Crippen LogP contribution in [0.25, 0.3) is 0 Å². The fourth-order valence-corrected chi connectivity index (χ4v) is 2.95. The molecule has 4 heteroatoms. The maximum Gasteiger partial charge on any atom is 0.0558 e. The molecule has 0 saturated carbocycles. The lowest BCUT2D eigenvalue weighted by molar-refractivity contribution is 0.0889. The maximum atomic E-state index is 8.91. The Balaban J connectivity index is 0.000000921. The van der Waals surface area contributed by atoms with Gasteiger partial charge >= 0.3 is 0 Å². The number of hydrogen-bond acceptors (Lipinski definition) is 4. The largest absolute Gasteiger partial charge is 0.395 e. The first-order chi connectivity index (χ1) is 10.3. The summed E-state index contributed by atoms with van der Waals surface area (Å²) in [6.07, 6.45) is 2.74. The van der Waals surface area contributed by atoms with Crippen LogP contribution >= 0.6 is 0 Å². The molecule has 0 aromatic carbocycles. The Morgan fingerprint density at radius 1 is 0.810 bits per heavy atom. The summed E-state index contributed by atoms with van der Waals surface area (Å²) in [5.41, 5.74) is 0. The number of aliphatic hydroxyl groups excluding tert-OH is 1. The van der Waals surface area contributed by atoms with Gasteiger partial charge in [-0.3, -0.25) is 4.90 Å². The van der Waals surface area contributed by atoms with Gasteiger partial charge in [-0.2, -0.15) is 0 Å².